The van der Waals surface area contributed by atoms with Crippen molar-refractivity contribution in [1.82, 2.24) is 0 Å². The molecule has 0 spiro atoms. The predicted octanol–water partition coefficient (Wildman–Crippen LogP) is 1.06. The molecule has 0 fully saturated rings. The maximum absolute atomic E-state index is 9.52. The van der Waals surface area contributed by atoms with Crippen LogP contribution in [0.3, 0.4) is 0 Å². The van der Waals surface area contributed by atoms with Gasteiger partial charge in [0.2, 0.25) is 0 Å². The number of aliphatic hydroxyl groups excluding tert-OH is 6. The van der Waals surface area contributed by atoms with Crippen LogP contribution in [0.4, 0.5) is 0 Å². The van der Waals surface area contributed by atoms with Gasteiger partial charge >= 0.3 is 0 Å². The average molecular weight is 515 g/mol. The van der Waals surface area contributed by atoms with E-state index in [1.807, 2.05) is 36.4 Å². The quantitative estimate of drug-likeness (QED) is 0.164. The van der Waals surface area contributed by atoms with E-state index >= 15 is 0 Å². The van der Waals surface area contributed by atoms with E-state index in [9.17, 15) is 15.3 Å². The minimum Gasteiger partial charge on any atom is -0.491 e. The summed E-state index contributed by atoms with van der Waals surface area (Å²) in [6.45, 7) is -1.18. The Hall–Kier alpha value is -3.18. The zero-order valence-electron chi connectivity index (χ0n) is 20.4. The molecule has 0 aromatic heterocycles. The minimum atomic E-state index is -0.953. The Morgan fingerprint density at radius 3 is 0.892 bits per heavy atom. The van der Waals surface area contributed by atoms with E-state index in [1.165, 1.54) is 0 Å². The SMILES string of the molecule is OCC(O)COc1ccc(C(c2ccc(OCC(O)CO)cc2)c2ccc(OCC(O)CO)cc2)cc1. The van der Waals surface area contributed by atoms with E-state index in [0.717, 1.165) is 16.7 Å². The monoisotopic (exact) mass is 514 g/mol. The van der Waals surface area contributed by atoms with Gasteiger partial charge in [0.1, 0.15) is 55.4 Å². The molecule has 9 nitrogen and oxygen atoms in total. The first-order valence-electron chi connectivity index (χ1n) is 12.0. The van der Waals surface area contributed by atoms with Crippen LogP contribution in [-0.2, 0) is 0 Å². The van der Waals surface area contributed by atoms with Crippen LogP contribution in [0.15, 0.2) is 72.8 Å². The first kappa shape index (κ1) is 28.4. The van der Waals surface area contributed by atoms with Crippen molar-refractivity contribution < 1.29 is 44.8 Å². The Morgan fingerprint density at radius 2 is 0.676 bits per heavy atom. The largest absolute Gasteiger partial charge is 0.491 e. The molecular weight excluding hydrogens is 480 g/mol. The van der Waals surface area contributed by atoms with Crippen molar-refractivity contribution in [3.05, 3.63) is 89.5 Å². The first-order chi connectivity index (χ1) is 17.9. The predicted molar refractivity (Wildman–Crippen MR) is 136 cm³/mol. The van der Waals surface area contributed by atoms with E-state index in [1.54, 1.807) is 36.4 Å². The normalized spacial score (nSPS) is 14.4. The van der Waals surface area contributed by atoms with Gasteiger partial charge in [-0.05, 0) is 53.1 Å². The van der Waals surface area contributed by atoms with Crippen molar-refractivity contribution in [3.8, 4) is 17.2 Å². The summed E-state index contributed by atoms with van der Waals surface area (Å²) in [6, 6.07) is 22.4. The van der Waals surface area contributed by atoms with E-state index in [0.29, 0.717) is 17.2 Å². The second-order valence-electron chi connectivity index (χ2n) is 8.58. The fraction of sp³-hybridized carbons (Fsp3) is 0.357. The molecule has 3 aromatic rings. The van der Waals surface area contributed by atoms with Gasteiger partial charge in [-0.3, -0.25) is 0 Å². The van der Waals surface area contributed by atoms with E-state index in [-0.39, 0.29) is 45.6 Å². The van der Waals surface area contributed by atoms with Crippen LogP contribution >= 0.6 is 0 Å². The maximum Gasteiger partial charge on any atom is 0.119 e. The lowest BCUT2D eigenvalue weighted by Gasteiger charge is -2.21. The molecule has 3 rings (SSSR count). The summed E-state index contributed by atoms with van der Waals surface area (Å²) >= 11 is 0. The number of hydrogen-bond acceptors (Lipinski definition) is 9. The zero-order chi connectivity index (χ0) is 26.6. The highest BCUT2D eigenvalue weighted by molar-refractivity contribution is 5.46. The van der Waals surface area contributed by atoms with Crippen LogP contribution < -0.4 is 14.2 Å². The standard InChI is InChI=1S/C28H34O9/c29-13-22(32)16-35-25-7-1-19(2-8-25)28(20-3-9-26(10-4-20)36-17-23(33)14-30)21-5-11-27(12-6-21)37-18-24(34)15-31/h1-12,22-24,28-34H,13-18H2. The molecule has 0 heterocycles. The molecule has 0 bridgehead atoms. The lowest BCUT2D eigenvalue weighted by molar-refractivity contribution is 0.0536. The Labute approximate surface area is 215 Å². The van der Waals surface area contributed by atoms with E-state index < -0.39 is 18.3 Å². The molecule has 0 aliphatic heterocycles. The lowest BCUT2D eigenvalue weighted by atomic mass is 9.85. The van der Waals surface area contributed by atoms with Crippen LogP contribution in [0.25, 0.3) is 0 Å². The minimum absolute atomic E-state index is 0.0157. The van der Waals surface area contributed by atoms with Crippen molar-refractivity contribution in [2.24, 2.45) is 0 Å². The first-order valence-corrected chi connectivity index (χ1v) is 12.0. The number of hydrogen-bond donors (Lipinski definition) is 6. The number of benzene rings is 3. The van der Waals surface area contributed by atoms with Crippen LogP contribution in [0.2, 0.25) is 0 Å². The topological polar surface area (TPSA) is 149 Å². The molecule has 0 aliphatic rings. The maximum atomic E-state index is 9.52. The van der Waals surface area contributed by atoms with Crippen molar-refractivity contribution >= 4 is 0 Å². The summed E-state index contributed by atoms with van der Waals surface area (Å²) in [7, 11) is 0. The van der Waals surface area contributed by atoms with Gasteiger partial charge in [-0.25, -0.2) is 0 Å². The van der Waals surface area contributed by atoms with Crippen molar-refractivity contribution in [2.45, 2.75) is 24.2 Å². The summed E-state index contributed by atoms with van der Waals surface area (Å²) in [4.78, 5) is 0. The molecular formula is C28H34O9. The Morgan fingerprint density at radius 1 is 0.432 bits per heavy atom. The molecule has 3 unspecified atom stereocenters. The summed E-state index contributed by atoms with van der Waals surface area (Å²) in [5.41, 5.74) is 2.93. The number of ether oxygens (including phenoxy) is 3. The molecule has 9 heteroatoms. The Balaban J connectivity index is 1.84. The van der Waals surface area contributed by atoms with Crippen molar-refractivity contribution in [2.75, 3.05) is 39.6 Å². The van der Waals surface area contributed by atoms with Crippen LogP contribution in [0.1, 0.15) is 22.6 Å². The highest BCUT2D eigenvalue weighted by Gasteiger charge is 2.18. The number of aliphatic hydroxyl groups is 6. The van der Waals surface area contributed by atoms with Gasteiger partial charge in [-0.15, -0.1) is 0 Å². The van der Waals surface area contributed by atoms with Crippen LogP contribution in [0, 0.1) is 0 Å². The van der Waals surface area contributed by atoms with Gasteiger partial charge in [0.15, 0.2) is 0 Å². The summed E-state index contributed by atoms with van der Waals surface area (Å²) in [5, 5.41) is 55.5. The van der Waals surface area contributed by atoms with Crippen LogP contribution in [-0.4, -0.2) is 88.6 Å². The van der Waals surface area contributed by atoms with Gasteiger partial charge in [0.25, 0.3) is 0 Å². The molecule has 37 heavy (non-hydrogen) atoms. The third-order valence-electron chi connectivity index (χ3n) is 5.60. The molecule has 3 atom stereocenters. The second kappa shape index (κ2) is 14.5. The van der Waals surface area contributed by atoms with Crippen molar-refractivity contribution in [1.29, 1.82) is 0 Å². The molecule has 0 saturated carbocycles. The molecule has 0 saturated heterocycles. The third kappa shape index (κ3) is 8.71. The van der Waals surface area contributed by atoms with Gasteiger partial charge < -0.3 is 44.8 Å². The zero-order valence-corrected chi connectivity index (χ0v) is 20.4. The highest BCUT2D eigenvalue weighted by Crippen LogP contribution is 2.34. The third-order valence-corrected chi connectivity index (χ3v) is 5.60. The summed E-state index contributed by atoms with van der Waals surface area (Å²) < 4.78 is 16.6. The van der Waals surface area contributed by atoms with Crippen molar-refractivity contribution in [3.63, 3.8) is 0 Å². The smallest absolute Gasteiger partial charge is 0.119 e. The lowest BCUT2D eigenvalue weighted by Crippen LogP contribution is -2.21. The Bertz CT molecular complexity index is 902. The fourth-order valence-electron chi connectivity index (χ4n) is 3.58. The molecule has 0 radical (unpaired) electrons. The fourth-order valence-corrected chi connectivity index (χ4v) is 3.58. The molecule has 200 valence electrons. The van der Waals surface area contributed by atoms with E-state index in [2.05, 4.69) is 0 Å². The highest BCUT2D eigenvalue weighted by atomic mass is 16.5. The summed E-state index contributed by atoms with van der Waals surface area (Å²) in [6.07, 6.45) is -2.86. The Kier molecular flexibility index (Phi) is 11.2. The van der Waals surface area contributed by atoms with E-state index in [4.69, 9.17) is 29.5 Å². The van der Waals surface area contributed by atoms with Gasteiger partial charge in [0, 0.05) is 5.92 Å². The molecule has 3 aromatic carbocycles. The molecule has 0 amide bonds. The molecule has 6 N–H and O–H groups in total. The van der Waals surface area contributed by atoms with Crippen LogP contribution in [0.5, 0.6) is 17.2 Å². The average Bonchev–Trinajstić information content (AvgIpc) is 2.95. The van der Waals surface area contributed by atoms with Gasteiger partial charge in [0.05, 0.1) is 19.8 Å². The summed E-state index contributed by atoms with van der Waals surface area (Å²) in [5.74, 6) is 1.53. The van der Waals surface area contributed by atoms with Gasteiger partial charge in [-0.1, -0.05) is 36.4 Å². The second-order valence-corrected chi connectivity index (χ2v) is 8.58. The van der Waals surface area contributed by atoms with Gasteiger partial charge in [-0.2, -0.15) is 0 Å². The molecule has 0 aliphatic carbocycles. The number of rotatable bonds is 15.